The van der Waals surface area contributed by atoms with Crippen LogP contribution in [-0.4, -0.2) is 32.9 Å². The van der Waals surface area contributed by atoms with Crippen LogP contribution < -0.4 is 4.74 Å². The molecule has 0 spiro atoms. The fourth-order valence-corrected chi connectivity index (χ4v) is 2.61. The Bertz CT molecular complexity index is 813. The summed E-state index contributed by atoms with van der Waals surface area (Å²) in [6.07, 6.45) is 5.96. The largest absolute Gasteiger partial charge is 0.492 e. The molecule has 2 N–H and O–H groups in total. The summed E-state index contributed by atoms with van der Waals surface area (Å²) >= 11 is 0. The van der Waals surface area contributed by atoms with Gasteiger partial charge < -0.3 is 9.84 Å². The summed E-state index contributed by atoms with van der Waals surface area (Å²) in [5, 5.41) is 15.5. The van der Waals surface area contributed by atoms with Gasteiger partial charge in [0.15, 0.2) is 0 Å². The van der Waals surface area contributed by atoms with E-state index in [1.807, 2.05) is 30.3 Å². The van der Waals surface area contributed by atoms with E-state index in [1.165, 1.54) is 5.56 Å². The molecule has 0 aliphatic carbocycles. The number of hydrogen-bond donors (Lipinski definition) is 2. The Morgan fingerprint density at radius 2 is 1.81 bits per heavy atom. The second-order valence-corrected chi connectivity index (χ2v) is 6.01. The number of nitrogens with one attached hydrogen (secondary N) is 1. The van der Waals surface area contributed by atoms with Crippen molar-refractivity contribution in [2.75, 3.05) is 6.61 Å². The van der Waals surface area contributed by atoms with Gasteiger partial charge in [0.1, 0.15) is 5.75 Å². The number of aromatic nitrogens is 3. The van der Waals surface area contributed by atoms with Crippen molar-refractivity contribution in [3.8, 4) is 17.1 Å². The number of carboxylic acids is 1. The van der Waals surface area contributed by atoms with E-state index in [1.54, 1.807) is 12.4 Å². The minimum absolute atomic E-state index is 0.167. The molecule has 2 heterocycles. The number of carbonyl (C=O) groups is 1. The number of aromatic amines is 1. The van der Waals surface area contributed by atoms with Gasteiger partial charge in [-0.1, -0.05) is 24.3 Å². The summed E-state index contributed by atoms with van der Waals surface area (Å²) in [6.45, 7) is 0.617. The highest BCUT2D eigenvalue weighted by Gasteiger charge is 2.02. The van der Waals surface area contributed by atoms with E-state index in [2.05, 4.69) is 27.3 Å². The van der Waals surface area contributed by atoms with Crippen LogP contribution in [0.1, 0.15) is 24.0 Å². The van der Waals surface area contributed by atoms with Crippen molar-refractivity contribution in [3.63, 3.8) is 0 Å². The van der Waals surface area contributed by atoms with Crippen molar-refractivity contribution in [2.24, 2.45) is 0 Å². The number of nitrogens with zero attached hydrogens (tertiary/aromatic N) is 2. The number of aryl methyl sites for hydroxylation is 2. The van der Waals surface area contributed by atoms with Crippen LogP contribution in [0.4, 0.5) is 0 Å². The second-order valence-electron chi connectivity index (χ2n) is 6.01. The fraction of sp³-hybridized carbons (Fsp3) is 0.250. The molecule has 1 aromatic carbocycles. The molecule has 0 radical (unpaired) electrons. The van der Waals surface area contributed by atoms with Gasteiger partial charge in [-0.3, -0.25) is 14.9 Å². The zero-order chi connectivity index (χ0) is 18.2. The lowest BCUT2D eigenvalue weighted by Crippen LogP contribution is -2.00. The third-order valence-corrected chi connectivity index (χ3v) is 4.04. The lowest BCUT2D eigenvalue weighted by molar-refractivity contribution is -0.136. The molecule has 0 atom stereocenters. The minimum atomic E-state index is -0.765. The van der Waals surface area contributed by atoms with Crippen LogP contribution in [0.5, 0.6) is 5.75 Å². The molecular weight excluding hydrogens is 330 g/mol. The molecule has 3 rings (SSSR count). The van der Waals surface area contributed by atoms with Crippen LogP contribution in [0.3, 0.4) is 0 Å². The molecule has 3 aromatic rings. The smallest absolute Gasteiger partial charge is 0.303 e. The van der Waals surface area contributed by atoms with E-state index >= 15 is 0 Å². The number of benzene rings is 1. The number of H-pyrrole nitrogens is 1. The van der Waals surface area contributed by atoms with Gasteiger partial charge >= 0.3 is 5.97 Å². The summed E-state index contributed by atoms with van der Waals surface area (Å²) in [5.41, 5.74) is 3.98. The molecule has 2 aromatic heterocycles. The first-order valence-corrected chi connectivity index (χ1v) is 8.59. The number of ether oxygens (including phenoxy) is 1. The minimum Gasteiger partial charge on any atom is -0.492 e. The van der Waals surface area contributed by atoms with Gasteiger partial charge in [-0.2, -0.15) is 5.10 Å². The predicted molar refractivity (Wildman–Crippen MR) is 98.0 cm³/mol. The zero-order valence-electron chi connectivity index (χ0n) is 14.4. The van der Waals surface area contributed by atoms with Gasteiger partial charge in [0.25, 0.3) is 0 Å². The van der Waals surface area contributed by atoms with Crippen molar-refractivity contribution in [1.82, 2.24) is 15.2 Å². The molecule has 0 saturated carbocycles. The molecule has 0 saturated heterocycles. The van der Waals surface area contributed by atoms with Gasteiger partial charge in [0, 0.05) is 12.6 Å². The number of rotatable bonds is 9. The zero-order valence-corrected chi connectivity index (χ0v) is 14.4. The van der Waals surface area contributed by atoms with Gasteiger partial charge in [0.2, 0.25) is 0 Å². The van der Waals surface area contributed by atoms with E-state index in [9.17, 15) is 4.79 Å². The highest BCUT2D eigenvalue weighted by atomic mass is 16.5. The summed E-state index contributed by atoms with van der Waals surface area (Å²) in [6, 6.07) is 13.8. The van der Waals surface area contributed by atoms with Crippen LogP contribution in [0.25, 0.3) is 11.4 Å². The van der Waals surface area contributed by atoms with Gasteiger partial charge in [-0.25, -0.2) is 0 Å². The summed E-state index contributed by atoms with van der Waals surface area (Å²) < 4.78 is 5.74. The number of aliphatic carboxylic acids is 1. The topological polar surface area (TPSA) is 88.1 Å². The normalized spacial score (nSPS) is 10.6. The van der Waals surface area contributed by atoms with E-state index in [4.69, 9.17) is 9.84 Å². The molecule has 0 amide bonds. The molecule has 0 bridgehead atoms. The van der Waals surface area contributed by atoms with Crippen LogP contribution in [0.2, 0.25) is 0 Å². The highest BCUT2D eigenvalue weighted by molar-refractivity contribution is 5.67. The molecule has 6 heteroatoms. The Kier molecular flexibility index (Phi) is 5.98. The first kappa shape index (κ1) is 17.7. The highest BCUT2D eigenvalue weighted by Crippen LogP contribution is 2.17. The molecule has 0 aliphatic rings. The maximum Gasteiger partial charge on any atom is 0.303 e. The average molecular weight is 351 g/mol. The lowest BCUT2D eigenvalue weighted by atomic mass is 10.0. The Balaban J connectivity index is 1.40. The number of carboxylic acid groups (broad SMARTS) is 1. The van der Waals surface area contributed by atoms with E-state index in [0.717, 1.165) is 35.5 Å². The van der Waals surface area contributed by atoms with Crippen molar-refractivity contribution >= 4 is 5.97 Å². The lowest BCUT2D eigenvalue weighted by Gasteiger charge is -2.07. The Morgan fingerprint density at radius 3 is 2.42 bits per heavy atom. The molecule has 0 fully saturated rings. The number of pyridine rings is 1. The van der Waals surface area contributed by atoms with Crippen LogP contribution in [-0.2, 0) is 17.6 Å². The van der Waals surface area contributed by atoms with Crippen molar-refractivity contribution in [1.29, 1.82) is 0 Å². The Morgan fingerprint density at radius 1 is 1.04 bits per heavy atom. The number of hydrogen-bond acceptors (Lipinski definition) is 4. The predicted octanol–water partition coefficient (Wildman–Crippen LogP) is 3.50. The summed E-state index contributed by atoms with van der Waals surface area (Å²) in [4.78, 5) is 14.9. The molecule has 0 aliphatic heterocycles. The maximum atomic E-state index is 10.6. The van der Waals surface area contributed by atoms with Crippen molar-refractivity contribution in [2.45, 2.75) is 25.7 Å². The summed E-state index contributed by atoms with van der Waals surface area (Å²) in [5.74, 6) is -0.0180. The monoisotopic (exact) mass is 351 g/mol. The van der Waals surface area contributed by atoms with Crippen LogP contribution in [0, 0.1) is 0 Å². The standard InChI is InChI=1S/C20H21N3O3/c24-20(25)10-7-16-5-3-15(4-6-16)2-1-13-26-17-8-9-18(21-14-17)19-11-12-22-23-19/h3-6,8-9,11-12,14H,1-2,7,10,13H2,(H,22,23)(H,24,25). The quantitative estimate of drug-likeness (QED) is 0.576. The molecule has 0 unspecified atom stereocenters. The van der Waals surface area contributed by atoms with Crippen LogP contribution >= 0.6 is 0 Å². The second kappa shape index (κ2) is 8.80. The molecule has 6 nitrogen and oxygen atoms in total. The molecular formula is C20H21N3O3. The van der Waals surface area contributed by atoms with Crippen molar-refractivity contribution in [3.05, 3.63) is 66.0 Å². The average Bonchev–Trinajstić information content (AvgIpc) is 3.20. The third kappa shape index (κ3) is 5.17. The Hall–Kier alpha value is -3.15. The first-order valence-electron chi connectivity index (χ1n) is 8.59. The van der Waals surface area contributed by atoms with Gasteiger partial charge in [0.05, 0.1) is 24.2 Å². The van der Waals surface area contributed by atoms with Gasteiger partial charge in [-0.05, 0) is 48.6 Å². The third-order valence-electron chi connectivity index (χ3n) is 4.04. The van der Waals surface area contributed by atoms with E-state index < -0.39 is 5.97 Å². The van der Waals surface area contributed by atoms with Crippen molar-refractivity contribution < 1.29 is 14.6 Å². The van der Waals surface area contributed by atoms with E-state index in [0.29, 0.717) is 13.0 Å². The SMILES string of the molecule is O=C(O)CCc1ccc(CCCOc2ccc(-c3ccn[nH]3)nc2)cc1. The molecule has 26 heavy (non-hydrogen) atoms. The van der Waals surface area contributed by atoms with Crippen LogP contribution in [0.15, 0.2) is 54.9 Å². The Labute approximate surface area is 151 Å². The van der Waals surface area contributed by atoms with E-state index in [-0.39, 0.29) is 6.42 Å². The first-order chi connectivity index (χ1) is 12.7. The fourth-order valence-electron chi connectivity index (χ4n) is 2.61. The molecule has 134 valence electrons. The van der Waals surface area contributed by atoms with Gasteiger partial charge in [-0.15, -0.1) is 0 Å². The summed E-state index contributed by atoms with van der Waals surface area (Å²) in [7, 11) is 0. The maximum absolute atomic E-state index is 10.6.